The highest BCUT2D eigenvalue weighted by Gasteiger charge is 2.42. The van der Waals surface area contributed by atoms with Crippen molar-refractivity contribution in [1.29, 1.82) is 0 Å². The summed E-state index contributed by atoms with van der Waals surface area (Å²) in [5.41, 5.74) is 0. The molecule has 0 aromatic carbocycles. The van der Waals surface area contributed by atoms with Gasteiger partial charge in [-0.15, -0.1) is 0 Å². The predicted molar refractivity (Wildman–Crippen MR) is 79.7 cm³/mol. The Balaban J connectivity index is 1.48. The maximum atomic E-state index is 12.0. The van der Waals surface area contributed by atoms with E-state index in [1.54, 1.807) is 10.7 Å². The second kappa shape index (κ2) is 5.77. The summed E-state index contributed by atoms with van der Waals surface area (Å²) in [6.45, 7) is 0.392. The normalized spacial score (nSPS) is 31.6. The van der Waals surface area contributed by atoms with E-state index >= 15 is 0 Å². The summed E-state index contributed by atoms with van der Waals surface area (Å²) in [6, 6.07) is 2.25. The number of aliphatic hydroxyl groups is 1. The van der Waals surface area contributed by atoms with Crippen LogP contribution in [0.1, 0.15) is 25.7 Å². The molecule has 2 N–H and O–H groups in total. The van der Waals surface area contributed by atoms with Crippen molar-refractivity contribution in [1.82, 2.24) is 14.7 Å². The van der Waals surface area contributed by atoms with Gasteiger partial charge in [0.05, 0.1) is 12.6 Å². The van der Waals surface area contributed by atoms with Crippen LogP contribution in [0.3, 0.4) is 0 Å². The van der Waals surface area contributed by atoms with Crippen molar-refractivity contribution in [2.45, 2.75) is 37.8 Å². The molecule has 6 heteroatoms. The van der Waals surface area contributed by atoms with Gasteiger partial charge in [-0.2, -0.15) is 5.10 Å². The Morgan fingerprint density at radius 1 is 1.43 bits per heavy atom. The molecular weight excluding hydrogens is 268 g/mol. The second-order valence-electron chi connectivity index (χ2n) is 6.61. The van der Waals surface area contributed by atoms with Gasteiger partial charge in [-0.05, 0) is 44.6 Å². The molecule has 4 atom stereocenters. The fraction of sp³-hybridized carbons (Fsp3) is 0.733. The number of hydrogen-bond acceptors (Lipinski definition) is 4. The standard InChI is InChI=1S/C15H24N4O2/c1-18(9-15(21)16-14-3-4-19(2)17-14)12-5-10-7-13(20)8-11(10)6-12/h3-4,10-13,20H,5-9H2,1-2H3,(H,16,17,21)/t10-,11+,12?,13?. The Morgan fingerprint density at radius 2 is 2.10 bits per heavy atom. The van der Waals surface area contributed by atoms with Crippen molar-refractivity contribution in [3.05, 3.63) is 12.3 Å². The molecule has 1 heterocycles. The van der Waals surface area contributed by atoms with Crippen LogP contribution in [0.5, 0.6) is 0 Å². The average Bonchev–Trinajstić information content (AvgIpc) is 3.03. The zero-order chi connectivity index (χ0) is 15.0. The van der Waals surface area contributed by atoms with Crippen molar-refractivity contribution >= 4 is 11.7 Å². The Morgan fingerprint density at radius 3 is 2.67 bits per heavy atom. The molecule has 2 fully saturated rings. The predicted octanol–water partition coefficient (Wildman–Crippen LogP) is 0.840. The summed E-state index contributed by atoms with van der Waals surface area (Å²) in [5.74, 6) is 1.87. The number of amides is 1. The van der Waals surface area contributed by atoms with E-state index < -0.39 is 0 Å². The van der Waals surface area contributed by atoms with Gasteiger partial charge in [-0.3, -0.25) is 14.4 Å². The number of aromatic nitrogens is 2. The second-order valence-corrected chi connectivity index (χ2v) is 6.61. The third kappa shape index (κ3) is 3.27. The van der Waals surface area contributed by atoms with Gasteiger partial charge < -0.3 is 10.4 Å². The first kappa shape index (κ1) is 14.5. The Hall–Kier alpha value is -1.40. The minimum Gasteiger partial charge on any atom is -0.393 e. The molecule has 1 aromatic heterocycles. The van der Waals surface area contributed by atoms with E-state index in [9.17, 15) is 9.90 Å². The van der Waals surface area contributed by atoms with Crippen LogP contribution in [0.15, 0.2) is 12.3 Å². The molecule has 0 aliphatic heterocycles. The SMILES string of the molecule is CN(CC(=O)Nc1ccn(C)n1)C1C[C@H]2CC(O)C[C@H]2C1. The number of anilines is 1. The van der Waals surface area contributed by atoms with Gasteiger partial charge in [0.2, 0.25) is 5.91 Å². The Labute approximate surface area is 125 Å². The van der Waals surface area contributed by atoms with Crippen molar-refractivity contribution in [3.63, 3.8) is 0 Å². The van der Waals surface area contributed by atoms with Crippen LogP contribution >= 0.6 is 0 Å². The van der Waals surface area contributed by atoms with Gasteiger partial charge in [0.25, 0.3) is 0 Å². The van der Waals surface area contributed by atoms with Gasteiger partial charge >= 0.3 is 0 Å². The third-order valence-corrected chi connectivity index (χ3v) is 4.96. The van der Waals surface area contributed by atoms with Crippen LogP contribution in [0, 0.1) is 11.8 Å². The van der Waals surface area contributed by atoms with E-state index in [0.717, 1.165) is 25.7 Å². The minimum atomic E-state index is -0.0984. The highest BCUT2D eigenvalue weighted by atomic mass is 16.3. The summed E-state index contributed by atoms with van der Waals surface area (Å²) < 4.78 is 1.67. The number of likely N-dealkylation sites (N-methyl/N-ethyl adjacent to an activating group) is 1. The highest BCUT2D eigenvalue weighted by molar-refractivity contribution is 5.91. The van der Waals surface area contributed by atoms with Crippen molar-refractivity contribution < 1.29 is 9.90 Å². The molecule has 0 radical (unpaired) electrons. The van der Waals surface area contributed by atoms with Gasteiger partial charge in [0, 0.05) is 25.4 Å². The molecule has 1 aromatic rings. The Bertz CT molecular complexity index is 502. The molecule has 0 spiro atoms. The number of carbonyl (C=O) groups excluding carboxylic acids is 1. The van der Waals surface area contributed by atoms with E-state index in [1.165, 1.54) is 0 Å². The molecular formula is C15H24N4O2. The van der Waals surface area contributed by atoms with Gasteiger partial charge in [0.1, 0.15) is 0 Å². The van der Waals surface area contributed by atoms with Crippen LogP contribution in [-0.2, 0) is 11.8 Å². The molecule has 2 aliphatic carbocycles. The van der Waals surface area contributed by atoms with E-state index in [4.69, 9.17) is 0 Å². The van der Waals surface area contributed by atoms with Crippen molar-refractivity contribution in [2.75, 3.05) is 18.9 Å². The zero-order valence-electron chi connectivity index (χ0n) is 12.7. The van der Waals surface area contributed by atoms with Crippen LogP contribution in [-0.4, -0.2) is 51.4 Å². The number of aryl methyl sites for hydroxylation is 1. The summed E-state index contributed by atoms with van der Waals surface area (Å²) >= 11 is 0. The van der Waals surface area contributed by atoms with E-state index in [-0.39, 0.29) is 12.0 Å². The molecule has 2 unspecified atom stereocenters. The first-order valence-electron chi connectivity index (χ1n) is 7.69. The maximum Gasteiger partial charge on any atom is 0.239 e. The minimum absolute atomic E-state index is 0.0201. The summed E-state index contributed by atoms with van der Waals surface area (Å²) in [7, 11) is 3.84. The lowest BCUT2D eigenvalue weighted by Gasteiger charge is -2.24. The van der Waals surface area contributed by atoms with Crippen LogP contribution in [0.4, 0.5) is 5.82 Å². The molecule has 116 valence electrons. The number of nitrogens with zero attached hydrogens (tertiary/aromatic N) is 3. The largest absolute Gasteiger partial charge is 0.393 e. The lowest BCUT2D eigenvalue weighted by Crippen LogP contribution is -2.37. The Kier molecular flexibility index (Phi) is 3.99. The fourth-order valence-electron chi connectivity index (χ4n) is 3.93. The lowest BCUT2D eigenvalue weighted by atomic mass is 10.0. The van der Waals surface area contributed by atoms with E-state index in [0.29, 0.717) is 30.2 Å². The topological polar surface area (TPSA) is 70.4 Å². The molecule has 1 amide bonds. The first-order valence-corrected chi connectivity index (χ1v) is 7.69. The number of hydrogen-bond donors (Lipinski definition) is 2. The lowest BCUT2D eigenvalue weighted by molar-refractivity contribution is -0.117. The number of nitrogens with one attached hydrogen (secondary N) is 1. The average molecular weight is 292 g/mol. The highest BCUT2D eigenvalue weighted by Crippen LogP contribution is 2.45. The smallest absolute Gasteiger partial charge is 0.239 e. The summed E-state index contributed by atoms with van der Waals surface area (Å²) in [6.07, 6.45) is 5.80. The summed E-state index contributed by atoms with van der Waals surface area (Å²) in [4.78, 5) is 14.2. The van der Waals surface area contributed by atoms with E-state index in [1.807, 2.05) is 20.3 Å². The number of fused-ring (bicyclic) bond motifs is 1. The molecule has 2 aliphatic rings. The number of aliphatic hydroxyl groups excluding tert-OH is 1. The fourth-order valence-corrected chi connectivity index (χ4v) is 3.93. The van der Waals surface area contributed by atoms with Gasteiger partial charge in [-0.25, -0.2) is 0 Å². The summed E-state index contributed by atoms with van der Waals surface area (Å²) in [5, 5.41) is 16.7. The van der Waals surface area contributed by atoms with Crippen LogP contribution < -0.4 is 5.32 Å². The quantitative estimate of drug-likeness (QED) is 0.863. The molecule has 6 nitrogen and oxygen atoms in total. The third-order valence-electron chi connectivity index (χ3n) is 4.96. The van der Waals surface area contributed by atoms with Crippen molar-refractivity contribution in [3.8, 4) is 0 Å². The molecule has 3 rings (SSSR count). The zero-order valence-corrected chi connectivity index (χ0v) is 12.7. The monoisotopic (exact) mass is 292 g/mol. The molecule has 2 saturated carbocycles. The van der Waals surface area contributed by atoms with Crippen LogP contribution in [0.25, 0.3) is 0 Å². The number of carbonyl (C=O) groups is 1. The van der Waals surface area contributed by atoms with E-state index in [2.05, 4.69) is 15.3 Å². The number of rotatable bonds is 4. The maximum absolute atomic E-state index is 12.0. The molecule has 21 heavy (non-hydrogen) atoms. The van der Waals surface area contributed by atoms with Crippen molar-refractivity contribution in [2.24, 2.45) is 18.9 Å². The molecule has 0 bridgehead atoms. The van der Waals surface area contributed by atoms with Gasteiger partial charge in [0.15, 0.2) is 5.82 Å². The molecule has 0 saturated heterocycles. The van der Waals surface area contributed by atoms with Gasteiger partial charge in [-0.1, -0.05) is 0 Å². The van der Waals surface area contributed by atoms with Crippen LogP contribution in [0.2, 0.25) is 0 Å². The first-order chi connectivity index (χ1) is 10.0.